The van der Waals surface area contributed by atoms with Crippen molar-refractivity contribution in [2.24, 2.45) is 0 Å². The highest BCUT2D eigenvalue weighted by Crippen LogP contribution is 2.33. The summed E-state index contributed by atoms with van der Waals surface area (Å²) >= 11 is 0. The summed E-state index contributed by atoms with van der Waals surface area (Å²) in [5.74, 6) is 1.91. The molecule has 1 N–H and O–H groups in total. The number of carbonyl (C=O) groups is 1. The lowest BCUT2D eigenvalue weighted by Gasteiger charge is -2.03. The van der Waals surface area contributed by atoms with Gasteiger partial charge >= 0.3 is 0 Å². The Bertz CT molecular complexity index is 839. The van der Waals surface area contributed by atoms with Gasteiger partial charge in [0.25, 0.3) is 0 Å². The normalized spacial score (nSPS) is 10.5. The fourth-order valence-electron chi connectivity index (χ4n) is 2.47. The predicted octanol–water partition coefficient (Wildman–Crippen LogP) is 4.04. The van der Waals surface area contributed by atoms with Crippen LogP contribution >= 0.6 is 0 Å². The lowest BCUT2D eigenvalue weighted by Crippen LogP contribution is -2.21. The minimum absolute atomic E-state index is 0.0366. The van der Waals surface area contributed by atoms with Gasteiger partial charge in [-0.05, 0) is 24.3 Å². The minimum atomic E-state index is -0.0366. The quantitative estimate of drug-likeness (QED) is 0.738. The molecule has 0 atom stereocenters. The van der Waals surface area contributed by atoms with E-state index in [-0.39, 0.29) is 12.5 Å². The Balaban J connectivity index is 1.98. The SMILES string of the molecule is CCC(=O)NCc1nc(-c2ccc(OC)cc2)c(-c2ccccc2)o1. The second kappa shape index (κ2) is 7.66. The van der Waals surface area contributed by atoms with Gasteiger partial charge in [0, 0.05) is 17.5 Å². The van der Waals surface area contributed by atoms with E-state index in [0.717, 1.165) is 22.6 Å². The lowest BCUT2D eigenvalue weighted by atomic mass is 10.1. The summed E-state index contributed by atoms with van der Waals surface area (Å²) in [5.41, 5.74) is 2.61. The van der Waals surface area contributed by atoms with E-state index in [9.17, 15) is 4.79 Å². The molecule has 128 valence electrons. The van der Waals surface area contributed by atoms with E-state index in [1.807, 2.05) is 61.5 Å². The Morgan fingerprint density at radius 1 is 1.08 bits per heavy atom. The number of benzene rings is 2. The highest BCUT2D eigenvalue weighted by Gasteiger charge is 2.17. The molecule has 0 saturated carbocycles. The van der Waals surface area contributed by atoms with Crippen LogP contribution in [0.5, 0.6) is 5.75 Å². The zero-order chi connectivity index (χ0) is 17.6. The average molecular weight is 336 g/mol. The molecule has 0 saturated heterocycles. The van der Waals surface area contributed by atoms with Gasteiger partial charge in [-0.3, -0.25) is 4.79 Å². The molecule has 3 rings (SSSR count). The zero-order valence-corrected chi connectivity index (χ0v) is 14.3. The van der Waals surface area contributed by atoms with Gasteiger partial charge in [0.1, 0.15) is 11.4 Å². The van der Waals surface area contributed by atoms with E-state index in [1.54, 1.807) is 7.11 Å². The average Bonchev–Trinajstić information content (AvgIpc) is 3.11. The van der Waals surface area contributed by atoms with E-state index in [1.165, 1.54) is 0 Å². The number of hydrogen-bond acceptors (Lipinski definition) is 4. The molecule has 1 heterocycles. The molecular weight excluding hydrogens is 316 g/mol. The summed E-state index contributed by atoms with van der Waals surface area (Å²) in [4.78, 5) is 16.1. The van der Waals surface area contributed by atoms with Crippen molar-refractivity contribution in [3.8, 4) is 28.3 Å². The topological polar surface area (TPSA) is 64.4 Å². The number of methoxy groups -OCH3 is 1. The van der Waals surface area contributed by atoms with Crippen molar-refractivity contribution in [1.82, 2.24) is 10.3 Å². The number of amides is 1. The number of carbonyl (C=O) groups excluding carboxylic acids is 1. The lowest BCUT2D eigenvalue weighted by molar-refractivity contribution is -0.121. The van der Waals surface area contributed by atoms with E-state index < -0.39 is 0 Å². The summed E-state index contributed by atoms with van der Waals surface area (Å²) in [5, 5.41) is 2.80. The van der Waals surface area contributed by atoms with Crippen molar-refractivity contribution in [3.63, 3.8) is 0 Å². The Labute approximate surface area is 146 Å². The number of oxazole rings is 1. The molecule has 3 aromatic rings. The number of aromatic nitrogens is 1. The van der Waals surface area contributed by atoms with E-state index in [2.05, 4.69) is 10.3 Å². The van der Waals surface area contributed by atoms with Gasteiger partial charge in [-0.1, -0.05) is 37.3 Å². The summed E-state index contributed by atoms with van der Waals surface area (Å²) < 4.78 is 11.2. The molecule has 5 heteroatoms. The van der Waals surface area contributed by atoms with Crippen molar-refractivity contribution in [3.05, 3.63) is 60.5 Å². The number of nitrogens with one attached hydrogen (secondary N) is 1. The van der Waals surface area contributed by atoms with Crippen molar-refractivity contribution in [2.75, 3.05) is 7.11 Å². The van der Waals surface area contributed by atoms with Crippen LogP contribution in [0.4, 0.5) is 0 Å². The van der Waals surface area contributed by atoms with E-state index in [4.69, 9.17) is 9.15 Å². The van der Waals surface area contributed by atoms with Crippen LogP contribution in [-0.2, 0) is 11.3 Å². The standard InChI is InChI=1S/C20H20N2O3/c1-3-17(23)21-13-18-22-19(14-9-11-16(24-2)12-10-14)20(25-18)15-7-5-4-6-8-15/h4-12H,3,13H2,1-2H3,(H,21,23). The molecule has 0 spiro atoms. The fourth-order valence-corrected chi connectivity index (χ4v) is 2.47. The first kappa shape index (κ1) is 16.8. The molecule has 0 unspecified atom stereocenters. The van der Waals surface area contributed by atoms with Crippen LogP contribution in [0, 0.1) is 0 Å². The van der Waals surface area contributed by atoms with Gasteiger partial charge in [0.2, 0.25) is 11.8 Å². The summed E-state index contributed by atoms with van der Waals surface area (Å²) in [6, 6.07) is 17.5. The largest absolute Gasteiger partial charge is 0.497 e. The van der Waals surface area contributed by atoms with Crippen LogP contribution in [-0.4, -0.2) is 18.0 Å². The highest BCUT2D eigenvalue weighted by molar-refractivity contribution is 5.77. The molecule has 0 aliphatic heterocycles. The minimum Gasteiger partial charge on any atom is -0.497 e. The van der Waals surface area contributed by atoms with Gasteiger partial charge < -0.3 is 14.5 Å². The molecule has 0 fully saturated rings. The second-order valence-electron chi connectivity index (χ2n) is 5.51. The van der Waals surface area contributed by atoms with Gasteiger partial charge in [0.15, 0.2) is 5.76 Å². The van der Waals surface area contributed by atoms with E-state index >= 15 is 0 Å². The van der Waals surface area contributed by atoms with Crippen LogP contribution in [0.3, 0.4) is 0 Å². The maximum Gasteiger partial charge on any atom is 0.220 e. The molecule has 25 heavy (non-hydrogen) atoms. The molecule has 2 aromatic carbocycles. The first-order valence-electron chi connectivity index (χ1n) is 8.17. The number of nitrogens with zero attached hydrogens (tertiary/aromatic N) is 1. The molecule has 0 aliphatic rings. The molecule has 1 aromatic heterocycles. The molecule has 0 radical (unpaired) electrons. The second-order valence-corrected chi connectivity index (χ2v) is 5.51. The summed E-state index contributed by atoms with van der Waals surface area (Å²) in [7, 11) is 1.63. The highest BCUT2D eigenvalue weighted by atomic mass is 16.5. The molecule has 0 bridgehead atoms. The maximum atomic E-state index is 11.5. The van der Waals surface area contributed by atoms with Crippen LogP contribution in [0.25, 0.3) is 22.6 Å². The van der Waals surface area contributed by atoms with Crippen LogP contribution in [0.2, 0.25) is 0 Å². The molecule has 5 nitrogen and oxygen atoms in total. The molecular formula is C20H20N2O3. The molecule has 1 amide bonds. The summed E-state index contributed by atoms with van der Waals surface area (Å²) in [6.07, 6.45) is 0.428. The van der Waals surface area contributed by atoms with Crippen molar-refractivity contribution in [2.45, 2.75) is 19.9 Å². The Morgan fingerprint density at radius 2 is 1.80 bits per heavy atom. The Morgan fingerprint density at radius 3 is 2.44 bits per heavy atom. The van der Waals surface area contributed by atoms with Gasteiger partial charge in [0.05, 0.1) is 13.7 Å². The monoisotopic (exact) mass is 336 g/mol. The van der Waals surface area contributed by atoms with Gasteiger partial charge in [-0.2, -0.15) is 0 Å². The van der Waals surface area contributed by atoms with Crippen LogP contribution in [0.1, 0.15) is 19.2 Å². The van der Waals surface area contributed by atoms with Crippen molar-refractivity contribution < 1.29 is 13.9 Å². The van der Waals surface area contributed by atoms with Crippen LogP contribution in [0.15, 0.2) is 59.0 Å². The first-order valence-corrected chi connectivity index (χ1v) is 8.17. The predicted molar refractivity (Wildman–Crippen MR) is 96.1 cm³/mol. The van der Waals surface area contributed by atoms with Crippen molar-refractivity contribution in [1.29, 1.82) is 0 Å². The van der Waals surface area contributed by atoms with E-state index in [0.29, 0.717) is 18.1 Å². The third-order valence-electron chi connectivity index (χ3n) is 3.83. The first-order chi connectivity index (χ1) is 12.2. The molecule has 0 aliphatic carbocycles. The number of ether oxygens (including phenoxy) is 1. The number of hydrogen-bond donors (Lipinski definition) is 1. The van der Waals surface area contributed by atoms with Gasteiger partial charge in [-0.25, -0.2) is 4.98 Å². The smallest absolute Gasteiger partial charge is 0.220 e. The zero-order valence-electron chi connectivity index (χ0n) is 14.3. The van der Waals surface area contributed by atoms with Gasteiger partial charge in [-0.15, -0.1) is 0 Å². The maximum absolute atomic E-state index is 11.5. The number of rotatable bonds is 6. The van der Waals surface area contributed by atoms with Crippen molar-refractivity contribution >= 4 is 5.91 Å². The third-order valence-corrected chi connectivity index (χ3v) is 3.83. The van der Waals surface area contributed by atoms with Crippen LogP contribution < -0.4 is 10.1 Å². The Kier molecular flexibility index (Phi) is 5.14. The summed E-state index contributed by atoms with van der Waals surface area (Å²) in [6.45, 7) is 2.08. The fraction of sp³-hybridized carbons (Fsp3) is 0.200. The third kappa shape index (κ3) is 3.88. The Hall–Kier alpha value is -3.08.